The van der Waals surface area contributed by atoms with E-state index in [1.54, 1.807) is 0 Å². The van der Waals surface area contributed by atoms with E-state index >= 15 is 0 Å². The van der Waals surface area contributed by atoms with Gasteiger partial charge in [-0.2, -0.15) is 0 Å². The van der Waals surface area contributed by atoms with Gasteiger partial charge in [0.25, 0.3) is 0 Å². The number of nitrogen functional groups attached to an aromatic ring is 1. The number of carboxylic acid groups (broad SMARTS) is 1. The lowest BCUT2D eigenvalue weighted by atomic mass is 10.0. The third kappa shape index (κ3) is 2.37. The van der Waals surface area contributed by atoms with Crippen molar-refractivity contribution < 1.29 is 32.5 Å². The molecule has 0 fully saturated rings. The number of pyridine rings is 1. The number of hydrogen-bond acceptors (Lipinski definition) is 5. The topological polar surface area (TPSA) is 94.7 Å². The fourth-order valence-corrected chi connectivity index (χ4v) is 2.42. The van der Waals surface area contributed by atoms with Crippen LogP contribution in [-0.2, 0) is 0 Å². The summed E-state index contributed by atoms with van der Waals surface area (Å²) in [6.07, 6.45) is -3.94. The predicted octanol–water partition coefficient (Wildman–Crippen LogP) is 3.45. The number of carboxylic acids is 1. The first-order valence-corrected chi connectivity index (χ1v) is 6.77. The van der Waals surface area contributed by atoms with Crippen LogP contribution in [0.5, 0.6) is 11.5 Å². The van der Waals surface area contributed by atoms with E-state index in [0.717, 1.165) is 0 Å². The molecule has 0 saturated carbocycles. The van der Waals surface area contributed by atoms with E-state index in [2.05, 4.69) is 14.5 Å². The maximum Gasteiger partial charge on any atom is 0.586 e. The Hall–Kier alpha value is -2.68. The third-order valence-electron chi connectivity index (χ3n) is 3.32. The van der Waals surface area contributed by atoms with Gasteiger partial charge in [-0.15, -0.1) is 8.78 Å². The molecule has 1 aromatic carbocycles. The second-order valence-electron chi connectivity index (χ2n) is 4.91. The summed E-state index contributed by atoms with van der Waals surface area (Å²) in [6.45, 7) is 1.48. The molecule has 0 amide bonds. The number of anilines is 1. The number of rotatable bonds is 2. The van der Waals surface area contributed by atoms with Crippen molar-refractivity contribution in [3.05, 3.63) is 34.2 Å². The molecule has 126 valence electrons. The van der Waals surface area contributed by atoms with Gasteiger partial charge in [0.05, 0.1) is 10.7 Å². The van der Waals surface area contributed by atoms with Crippen LogP contribution < -0.4 is 15.2 Å². The van der Waals surface area contributed by atoms with Crippen LogP contribution in [0.3, 0.4) is 0 Å². The number of halogens is 4. The first-order chi connectivity index (χ1) is 11.1. The lowest BCUT2D eigenvalue weighted by Crippen LogP contribution is -2.26. The van der Waals surface area contributed by atoms with Crippen LogP contribution in [0.1, 0.15) is 16.1 Å². The molecule has 0 unspecified atom stereocenters. The van der Waals surface area contributed by atoms with Gasteiger partial charge in [0.15, 0.2) is 23.0 Å². The Bertz CT molecular complexity index is 889. The monoisotopic (exact) mass is 360 g/mol. The molecule has 3 rings (SSSR count). The van der Waals surface area contributed by atoms with Crippen LogP contribution in [0, 0.1) is 12.7 Å². The van der Waals surface area contributed by atoms with E-state index in [1.165, 1.54) is 19.1 Å². The van der Waals surface area contributed by atoms with Gasteiger partial charge in [-0.1, -0.05) is 17.7 Å². The highest BCUT2D eigenvalue weighted by Gasteiger charge is 2.46. The summed E-state index contributed by atoms with van der Waals surface area (Å²) in [7, 11) is 0. The summed E-state index contributed by atoms with van der Waals surface area (Å²) in [5, 5.41) is 8.48. The van der Waals surface area contributed by atoms with Gasteiger partial charge < -0.3 is 20.3 Å². The molecule has 10 heteroatoms. The zero-order valence-corrected chi connectivity index (χ0v) is 12.6. The minimum atomic E-state index is -3.94. The Morgan fingerprint density at radius 2 is 1.96 bits per heavy atom. The molecular formula is C14H8ClF3N2O4. The second kappa shape index (κ2) is 5.17. The lowest BCUT2D eigenvalue weighted by Gasteiger charge is -2.11. The first-order valence-electron chi connectivity index (χ1n) is 6.40. The number of hydrogen-bond donors (Lipinski definition) is 2. The summed E-state index contributed by atoms with van der Waals surface area (Å²) < 4.78 is 49.9. The zero-order chi connectivity index (χ0) is 17.8. The van der Waals surface area contributed by atoms with Gasteiger partial charge in [0.2, 0.25) is 0 Å². The minimum absolute atomic E-state index is 0.240. The predicted molar refractivity (Wildman–Crippen MR) is 77.0 cm³/mol. The maximum absolute atomic E-state index is 14.4. The smallest absolute Gasteiger partial charge is 0.476 e. The fourth-order valence-electron chi connectivity index (χ4n) is 2.22. The molecule has 0 atom stereocenters. The molecule has 0 saturated heterocycles. The summed E-state index contributed by atoms with van der Waals surface area (Å²) in [6, 6.07) is 2.61. The summed E-state index contributed by atoms with van der Waals surface area (Å²) in [5.41, 5.74) is 3.55. The molecule has 6 nitrogen and oxygen atoms in total. The number of alkyl halides is 2. The molecular weight excluding hydrogens is 353 g/mol. The molecule has 1 aliphatic rings. The maximum atomic E-state index is 14.4. The molecule has 1 aromatic heterocycles. The molecule has 0 aliphatic carbocycles. The largest absolute Gasteiger partial charge is 0.586 e. The normalized spacial score (nSPS) is 14.7. The average Bonchev–Trinajstić information content (AvgIpc) is 2.82. The van der Waals surface area contributed by atoms with E-state index < -0.39 is 45.9 Å². The highest BCUT2D eigenvalue weighted by Crippen LogP contribution is 2.49. The lowest BCUT2D eigenvalue weighted by molar-refractivity contribution is -0.286. The van der Waals surface area contributed by atoms with Crippen molar-refractivity contribution in [2.45, 2.75) is 13.2 Å². The van der Waals surface area contributed by atoms with Crippen molar-refractivity contribution in [1.82, 2.24) is 4.98 Å². The highest BCUT2D eigenvalue weighted by molar-refractivity contribution is 6.35. The van der Waals surface area contributed by atoms with Crippen molar-refractivity contribution in [3.63, 3.8) is 0 Å². The number of nitrogens with zero attached hydrogens (tertiary/aromatic N) is 1. The number of aryl methyl sites for hydroxylation is 1. The summed E-state index contributed by atoms with van der Waals surface area (Å²) in [4.78, 5) is 14.7. The SMILES string of the molecule is Cc1ccc(-c2nc(C(=O)O)c(Cl)c(N)c2F)c2c1OC(F)(F)O2. The van der Waals surface area contributed by atoms with Gasteiger partial charge in [0, 0.05) is 5.56 Å². The Balaban J connectivity index is 2.30. The minimum Gasteiger partial charge on any atom is -0.476 e. The molecule has 2 aromatic rings. The van der Waals surface area contributed by atoms with E-state index in [4.69, 9.17) is 22.4 Å². The summed E-state index contributed by atoms with van der Waals surface area (Å²) in [5.74, 6) is -3.48. The number of aromatic nitrogens is 1. The van der Waals surface area contributed by atoms with Gasteiger partial charge in [0.1, 0.15) is 5.69 Å². The van der Waals surface area contributed by atoms with Crippen molar-refractivity contribution in [2.75, 3.05) is 5.73 Å². The van der Waals surface area contributed by atoms with Crippen LogP contribution in [0.15, 0.2) is 12.1 Å². The van der Waals surface area contributed by atoms with Gasteiger partial charge in [-0.05, 0) is 18.6 Å². The van der Waals surface area contributed by atoms with Crippen LogP contribution in [0.4, 0.5) is 18.9 Å². The van der Waals surface area contributed by atoms with Crippen LogP contribution in [0.25, 0.3) is 11.3 Å². The first kappa shape index (κ1) is 16.2. The van der Waals surface area contributed by atoms with E-state index in [1.807, 2.05) is 0 Å². The Labute approximate surface area is 137 Å². The second-order valence-corrected chi connectivity index (χ2v) is 5.29. The number of fused-ring (bicyclic) bond motifs is 1. The van der Waals surface area contributed by atoms with Crippen molar-refractivity contribution in [2.24, 2.45) is 0 Å². The van der Waals surface area contributed by atoms with Crippen LogP contribution in [0.2, 0.25) is 5.02 Å². The highest BCUT2D eigenvalue weighted by atomic mass is 35.5. The molecule has 3 N–H and O–H groups in total. The molecule has 0 spiro atoms. The Kier molecular flexibility index (Phi) is 3.48. The van der Waals surface area contributed by atoms with Crippen LogP contribution >= 0.6 is 11.6 Å². The van der Waals surface area contributed by atoms with Crippen LogP contribution in [-0.4, -0.2) is 22.4 Å². The van der Waals surface area contributed by atoms with E-state index in [9.17, 15) is 18.0 Å². The number of benzene rings is 1. The number of ether oxygens (including phenoxy) is 2. The molecule has 2 heterocycles. The van der Waals surface area contributed by atoms with E-state index in [0.29, 0.717) is 5.56 Å². The molecule has 24 heavy (non-hydrogen) atoms. The molecule has 1 aliphatic heterocycles. The van der Waals surface area contributed by atoms with Gasteiger partial charge >= 0.3 is 12.3 Å². The fraction of sp³-hybridized carbons (Fsp3) is 0.143. The van der Waals surface area contributed by atoms with E-state index in [-0.39, 0.29) is 11.3 Å². The van der Waals surface area contributed by atoms with Gasteiger partial charge in [-0.3, -0.25) is 0 Å². The van der Waals surface area contributed by atoms with Crippen molar-refractivity contribution in [3.8, 4) is 22.8 Å². The standard InChI is InChI=1S/C14H8ClF3N2O4/c1-4-2-3-5(12-11(4)23-14(17,18)24-12)9-7(16)8(19)6(15)10(20-9)13(21)22/h2-3H,1H3,(H2,19,20)(H,21,22). The molecule has 0 radical (unpaired) electrons. The number of carbonyl (C=O) groups is 1. The number of aromatic carboxylic acids is 1. The quantitative estimate of drug-likeness (QED) is 0.851. The van der Waals surface area contributed by atoms with Gasteiger partial charge in [-0.25, -0.2) is 14.2 Å². The zero-order valence-electron chi connectivity index (χ0n) is 11.9. The average molecular weight is 361 g/mol. The Morgan fingerprint density at radius 1 is 1.33 bits per heavy atom. The van der Waals surface area contributed by atoms with Crippen molar-refractivity contribution >= 4 is 23.3 Å². The molecule has 0 bridgehead atoms. The Morgan fingerprint density at radius 3 is 2.58 bits per heavy atom. The third-order valence-corrected chi connectivity index (χ3v) is 3.70. The summed E-state index contributed by atoms with van der Waals surface area (Å²) >= 11 is 5.66. The van der Waals surface area contributed by atoms with Crippen molar-refractivity contribution in [1.29, 1.82) is 0 Å². The number of nitrogens with two attached hydrogens (primary N) is 1.